The van der Waals surface area contributed by atoms with Crippen molar-refractivity contribution >= 4 is 21.7 Å². The summed E-state index contributed by atoms with van der Waals surface area (Å²) in [5.41, 5.74) is 1.23. The lowest BCUT2D eigenvalue weighted by Gasteiger charge is -2.26. The van der Waals surface area contributed by atoms with Crippen molar-refractivity contribution in [3.8, 4) is 0 Å². The molecule has 0 aliphatic carbocycles. The molecule has 1 aliphatic heterocycles. The van der Waals surface area contributed by atoms with Crippen LogP contribution in [0.2, 0.25) is 0 Å². The Balaban J connectivity index is 1.82. The molecular formula is C17H19N3O4S. The lowest BCUT2D eigenvalue weighted by Crippen LogP contribution is -2.40. The minimum absolute atomic E-state index is 0.0965. The third kappa shape index (κ3) is 4.04. The van der Waals surface area contributed by atoms with Crippen LogP contribution in [0.1, 0.15) is 15.9 Å². The van der Waals surface area contributed by atoms with Gasteiger partial charge >= 0.3 is 0 Å². The average molecular weight is 361 g/mol. The molecule has 3 rings (SSSR count). The van der Waals surface area contributed by atoms with Crippen molar-refractivity contribution in [1.82, 2.24) is 9.29 Å². The summed E-state index contributed by atoms with van der Waals surface area (Å²) in [6.45, 7) is 3.27. The predicted molar refractivity (Wildman–Crippen MR) is 92.9 cm³/mol. The van der Waals surface area contributed by atoms with E-state index in [9.17, 15) is 13.2 Å². The predicted octanol–water partition coefficient (Wildman–Crippen LogP) is 1.66. The van der Waals surface area contributed by atoms with Crippen molar-refractivity contribution in [3.05, 3.63) is 53.7 Å². The number of aryl methyl sites for hydroxylation is 1. The maximum absolute atomic E-state index is 12.7. The van der Waals surface area contributed by atoms with E-state index in [0.717, 1.165) is 5.56 Å². The number of carbonyl (C=O) groups is 1. The van der Waals surface area contributed by atoms with E-state index in [1.54, 1.807) is 24.4 Å². The molecule has 2 aromatic rings. The van der Waals surface area contributed by atoms with E-state index in [0.29, 0.717) is 32.1 Å². The van der Waals surface area contributed by atoms with Gasteiger partial charge in [-0.05, 0) is 42.8 Å². The van der Waals surface area contributed by atoms with Gasteiger partial charge in [0.2, 0.25) is 10.0 Å². The minimum atomic E-state index is -3.64. The smallest absolute Gasteiger partial charge is 0.256 e. The molecule has 1 fully saturated rings. The van der Waals surface area contributed by atoms with Gasteiger partial charge in [0.15, 0.2) is 0 Å². The first-order chi connectivity index (χ1) is 12.0. The van der Waals surface area contributed by atoms with Gasteiger partial charge in [-0.3, -0.25) is 4.79 Å². The third-order valence-corrected chi connectivity index (χ3v) is 5.76. The summed E-state index contributed by atoms with van der Waals surface area (Å²) in [5.74, 6) is 0.0172. The van der Waals surface area contributed by atoms with Gasteiger partial charge in [-0.15, -0.1) is 0 Å². The summed E-state index contributed by atoms with van der Waals surface area (Å²) < 4.78 is 31.9. The fraction of sp³-hybridized carbons (Fsp3) is 0.294. The molecule has 0 radical (unpaired) electrons. The molecule has 25 heavy (non-hydrogen) atoms. The van der Waals surface area contributed by atoms with Crippen molar-refractivity contribution < 1.29 is 17.9 Å². The van der Waals surface area contributed by atoms with E-state index in [2.05, 4.69) is 10.3 Å². The number of hydrogen-bond donors (Lipinski definition) is 1. The van der Waals surface area contributed by atoms with Crippen molar-refractivity contribution in [3.63, 3.8) is 0 Å². The molecule has 1 amide bonds. The van der Waals surface area contributed by atoms with E-state index >= 15 is 0 Å². The number of nitrogens with one attached hydrogen (secondary N) is 1. The second kappa shape index (κ2) is 7.30. The molecule has 0 spiro atoms. The van der Waals surface area contributed by atoms with Gasteiger partial charge in [0.25, 0.3) is 5.91 Å². The zero-order valence-corrected chi connectivity index (χ0v) is 14.6. The van der Waals surface area contributed by atoms with Gasteiger partial charge in [0.05, 0.1) is 18.1 Å². The van der Waals surface area contributed by atoms with Gasteiger partial charge in [0, 0.05) is 24.8 Å². The van der Waals surface area contributed by atoms with Crippen LogP contribution in [0.4, 0.5) is 5.82 Å². The lowest BCUT2D eigenvalue weighted by atomic mass is 10.2. The monoisotopic (exact) mass is 361 g/mol. The molecule has 1 N–H and O–H groups in total. The fourth-order valence-corrected chi connectivity index (χ4v) is 3.98. The number of morpholine rings is 1. The molecule has 132 valence electrons. The van der Waals surface area contributed by atoms with E-state index in [1.165, 1.54) is 16.4 Å². The number of benzene rings is 1. The Kier molecular flexibility index (Phi) is 5.12. The zero-order chi connectivity index (χ0) is 17.9. The minimum Gasteiger partial charge on any atom is -0.379 e. The molecule has 1 aromatic heterocycles. The van der Waals surface area contributed by atoms with Crippen LogP contribution in [-0.4, -0.2) is 49.9 Å². The Hall–Kier alpha value is -2.29. The zero-order valence-electron chi connectivity index (χ0n) is 13.8. The number of amides is 1. The molecular weight excluding hydrogens is 342 g/mol. The second-order valence-corrected chi connectivity index (χ2v) is 7.65. The van der Waals surface area contributed by atoms with Gasteiger partial charge in [0.1, 0.15) is 5.82 Å². The standard InChI is InChI=1S/C17H19N3O4S/c1-13-5-6-18-16(11-13)19-17(21)14-3-2-4-15(12-14)25(22,23)20-7-9-24-10-8-20/h2-6,11-12H,7-10H2,1H3,(H,18,19,21). The Morgan fingerprint density at radius 2 is 1.96 bits per heavy atom. The van der Waals surface area contributed by atoms with Crippen molar-refractivity contribution in [2.75, 3.05) is 31.6 Å². The van der Waals surface area contributed by atoms with Crippen LogP contribution in [0.5, 0.6) is 0 Å². The summed E-state index contributed by atoms with van der Waals surface area (Å²) >= 11 is 0. The maximum Gasteiger partial charge on any atom is 0.256 e. The van der Waals surface area contributed by atoms with E-state index in [4.69, 9.17) is 4.74 Å². The first kappa shape index (κ1) is 17.5. The lowest BCUT2D eigenvalue weighted by molar-refractivity contribution is 0.0730. The van der Waals surface area contributed by atoms with Crippen LogP contribution in [0.15, 0.2) is 47.5 Å². The summed E-state index contributed by atoms with van der Waals surface area (Å²) in [7, 11) is -3.64. The second-order valence-electron chi connectivity index (χ2n) is 5.72. The number of carbonyl (C=O) groups excluding carboxylic acids is 1. The highest BCUT2D eigenvalue weighted by Crippen LogP contribution is 2.19. The molecule has 7 nitrogen and oxygen atoms in total. The number of nitrogens with zero attached hydrogens (tertiary/aromatic N) is 2. The van der Waals surface area contributed by atoms with Crippen LogP contribution < -0.4 is 5.32 Å². The average Bonchev–Trinajstić information content (AvgIpc) is 2.62. The fourth-order valence-electron chi connectivity index (χ4n) is 2.53. The highest BCUT2D eigenvalue weighted by atomic mass is 32.2. The SMILES string of the molecule is Cc1ccnc(NC(=O)c2cccc(S(=O)(=O)N3CCOCC3)c2)c1. The highest BCUT2D eigenvalue weighted by molar-refractivity contribution is 7.89. The molecule has 8 heteroatoms. The number of pyridine rings is 1. The number of hydrogen-bond acceptors (Lipinski definition) is 5. The van der Waals surface area contributed by atoms with Crippen molar-refractivity contribution in [2.45, 2.75) is 11.8 Å². The van der Waals surface area contributed by atoms with Crippen LogP contribution in [0, 0.1) is 6.92 Å². The van der Waals surface area contributed by atoms with Crippen molar-refractivity contribution in [1.29, 1.82) is 0 Å². The highest BCUT2D eigenvalue weighted by Gasteiger charge is 2.26. The van der Waals surface area contributed by atoms with Gasteiger partial charge in [-0.2, -0.15) is 4.31 Å². The molecule has 0 saturated carbocycles. The van der Waals surface area contributed by atoms with Gasteiger partial charge in [-0.25, -0.2) is 13.4 Å². The maximum atomic E-state index is 12.7. The van der Waals surface area contributed by atoms with Crippen LogP contribution in [0.25, 0.3) is 0 Å². The summed E-state index contributed by atoms with van der Waals surface area (Å²) in [6, 6.07) is 9.58. The van der Waals surface area contributed by atoms with Gasteiger partial charge in [-0.1, -0.05) is 6.07 Å². The number of aromatic nitrogens is 1. The summed E-state index contributed by atoms with van der Waals surface area (Å²) in [5, 5.41) is 2.68. The Bertz CT molecular complexity index is 877. The first-order valence-corrected chi connectivity index (χ1v) is 9.33. The van der Waals surface area contributed by atoms with Gasteiger partial charge < -0.3 is 10.1 Å². The molecule has 2 heterocycles. The van der Waals surface area contributed by atoms with Crippen molar-refractivity contribution in [2.24, 2.45) is 0 Å². The normalized spacial score (nSPS) is 15.7. The van der Waals surface area contributed by atoms with E-state index in [1.807, 2.05) is 13.0 Å². The quantitative estimate of drug-likeness (QED) is 0.895. The number of anilines is 1. The molecule has 0 atom stereocenters. The molecule has 0 bridgehead atoms. The Labute approximate surface area is 146 Å². The largest absolute Gasteiger partial charge is 0.379 e. The molecule has 1 saturated heterocycles. The Morgan fingerprint density at radius 1 is 1.20 bits per heavy atom. The number of rotatable bonds is 4. The number of sulfonamides is 1. The van der Waals surface area contributed by atoms with Crippen LogP contribution in [0.3, 0.4) is 0 Å². The Morgan fingerprint density at radius 3 is 2.68 bits per heavy atom. The molecule has 1 aliphatic rings. The summed E-state index contributed by atoms with van der Waals surface area (Å²) in [6.07, 6.45) is 1.60. The van der Waals surface area contributed by atoms with Crippen LogP contribution >= 0.6 is 0 Å². The number of ether oxygens (including phenoxy) is 1. The topological polar surface area (TPSA) is 88.6 Å². The molecule has 0 unspecified atom stereocenters. The first-order valence-electron chi connectivity index (χ1n) is 7.89. The van der Waals surface area contributed by atoms with E-state index < -0.39 is 15.9 Å². The van der Waals surface area contributed by atoms with Crippen LogP contribution in [-0.2, 0) is 14.8 Å². The third-order valence-electron chi connectivity index (χ3n) is 3.86. The molecule has 1 aromatic carbocycles. The summed E-state index contributed by atoms with van der Waals surface area (Å²) in [4.78, 5) is 16.6. The van der Waals surface area contributed by atoms with E-state index in [-0.39, 0.29) is 10.5 Å².